The van der Waals surface area contributed by atoms with E-state index in [1.165, 1.54) is 5.56 Å². The summed E-state index contributed by atoms with van der Waals surface area (Å²) in [5, 5.41) is 2.63. The van der Waals surface area contributed by atoms with E-state index in [4.69, 9.17) is 0 Å². The summed E-state index contributed by atoms with van der Waals surface area (Å²) in [6, 6.07) is 18.0. The second-order valence-electron chi connectivity index (χ2n) is 4.85. The molecule has 0 aliphatic heterocycles. The van der Waals surface area contributed by atoms with E-state index >= 15 is 0 Å². The van der Waals surface area contributed by atoms with Crippen LogP contribution in [-0.2, 0) is 17.8 Å². The minimum atomic E-state index is -0.318. The summed E-state index contributed by atoms with van der Waals surface area (Å²) in [5.41, 5.74) is 3.45. The third-order valence-corrected chi connectivity index (χ3v) is 3.71. The van der Waals surface area contributed by atoms with Crippen molar-refractivity contribution < 1.29 is 4.79 Å². The van der Waals surface area contributed by atoms with E-state index in [0.29, 0.717) is 13.0 Å². The maximum Gasteiger partial charge on any atom is 0.233 e. The highest BCUT2D eigenvalue weighted by Gasteiger charge is 2.14. The zero-order chi connectivity index (χ0) is 14.4. The molecule has 0 spiro atoms. The van der Waals surface area contributed by atoms with Crippen molar-refractivity contribution in [1.82, 2.24) is 5.32 Å². The Bertz CT molecular complexity index is 568. The molecular weight excluding hydrogens is 266 g/mol. The number of carbonyl (C=O) groups excluding carboxylic acids is 1. The lowest BCUT2D eigenvalue weighted by molar-refractivity contribution is -0.120. The summed E-state index contributed by atoms with van der Waals surface area (Å²) in [6.45, 7) is 2.60. The van der Waals surface area contributed by atoms with Gasteiger partial charge in [-0.05, 0) is 30.0 Å². The first-order valence-electron chi connectivity index (χ1n) is 6.71. The van der Waals surface area contributed by atoms with E-state index in [0.717, 1.165) is 11.1 Å². The molecule has 1 N–H and O–H groups in total. The number of benzene rings is 2. The molecule has 1 atom stereocenters. The minimum Gasteiger partial charge on any atom is -0.351 e. The van der Waals surface area contributed by atoms with Crippen LogP contribution in [-0.4, -0.2) is 11.2 Å². The van der Waals surface area contributed by atoms with E-state index in [1.807, 2.05) is 61.5 Å². The first kappa shape index (κ1) is 14.7. The Kier molecular flexibility index (Phi) is 5.24. The number of hydrogen-bond donors (Lipinski definition) is 2. The van der Waals surface area contributed by atoms with Crippen LogP contribution in [0.15, 0.2) is 54.6 Å². The number of carbonyl (C=O) groups is 1. The lowest BCUT2D eigenvalue weighted by atomic mass is 10.1. The molecular formula is C17H19NOS. The van der Waals surface area contributed by atoms with Crippen molar-refractivity contribution in [2.24, 2.45) is 0 Å². The quantitative estimate of drug-likeness (QED) is 0.812. The number of nitrogens with one attached hydrogen (secondary N) is 1. The Morgan fingerprint density at radius 2 is 1.75 bits per heavy atom. The molecule has 0 fully saturated rings. The Hall–Kier alpha value is -1.74. The first-order valence-corrected chi connectivity index (χ1v) is 7.22. The molecule has 0 aliphatic rings. The average molecular weight is 285 g/mol. The van der Waals surface area contributed by atoms with Crippen LogP contribution in [0.3, 0.4) is 0 Å². The number of rotatable bonds is 5. The lowest BCUT2D eigenvalue weighted by Crippen LogP contribution is -2.32. The fourth-order valence-corrected chi connectivity index (χ4v) is 2.34. The van der Waals surface area contributed by atoms with Crippen LogP contribution < -0.4 is 5.32 Å². The number of aryl methyl sites for hydroxylation is 1. The summed E-state index contributed by atoms with van der Waals surface area (Å²) in [6.07, 6.45) is 0.642. The van der Waals surface area contributed by atoms with Crippen molar-refractivity contribution in [2.45, 2.75) is 25.1 Å². The van der Waals surface area contributed by atoms with Crippen LogP contribution in [0.2, 0.25) is 0 Å². The van der Waals surface area contributed by atoms with Crippen molar-refractivity contribution in [1.29, 1.82) is 0 Å². The normalized spacial score (nSPS) is 11.9. The van der Waals surface area contributed by atoms with Crippen molar-refractivity contribution >= 4 is 18.5 Å². The fourth-order valence-electron chi connectivity index (χ4n) is 2.04. The molecule has 3 heteroatoms. The molecule has 0 saturated carbocycles. The monoisotopic (exact) mass is 285 g/mol. The van der Waals surface area contributed by atoms with Gasteiger partial charge in [0.2, 0.25) is 5.91 Å². The molecule has 104 valence electrons. The van der Waals surface area contributed by atoms with Crippen LogP contribution >= 0.6 is 12.6 Å². The fraction of sp³-hybridized carbons (Fsp3) is 0.235. The highest BCUT2D eigenvalue weighted by Crippen LogP contribution is 2.09. The van der Waals surface area contributed by atoms with Gasteiger partial charge < -0.3 is 5.32 Å². The maximum atomic E-state index is 12.0. The van der Waals surface area contributed by atoms with Gasteiger partial charge in [0.1, 0.15) is 0 Å². The molecule has 0 saturated heterocycles. The van der Waals surface area contributed by atoms with Crippen molar-refractivity contribution in [2.75, 3.05) is 0 Å². The van der Waals surface area contributed by atoms with E-state index in [-0.39, 0.29) is 11.2 Å². The van der Waals surface area contributed by atoms with Crippen LogP contribution in [0.4, 0.5) is 0 Å². The Balaban J connectivity index is 1.87. The van der Waals surface area contributed by atoms with Crippen molar-refractivity contribution in [3.05, 3.63) is 71.3 Å². The van der Waals surface area contributed by atoms with Gasteiger partial charge in [-0.25, -0.2) is 0 Å². The van der Waals surface area contributed by atoms with E-state index in [1.54, 1.807) is 0 Å². The van der Waals surface area contributed by atoms with E-state index in [2.05, 4.69) is 17.9 Å². The van der Waals surface area contributed by atoms with Crippen LogP contribution in [0, 0.1) is 6.92 Å². The molecule has 0 aliphatic carbocycles. The Labute approximate surface area is 125 Å². The average Bonchev–Trinajstić information content (AvgIpc) is 2.47. The third kappa shape index (κ3) is 4.14. The van der Waals surface area contributed by atoms with Gasteiger partial charge in [-0.15, -0.1) is 0 Å². The summed E-state index contributed by atoms with van der Waals surface area (Å²) >= 11 is 4.40. The standard InChI is InChI=1S/C17H19NOS/c1-13-7-5-6-10-15(13)12-18-17(19)16(20)11-14-8-3-2-4-9-14/h2-10,16,20H,11-12H2,1H3,(H,18,19). The summed E-state index contributed by atoms with van der Waals surface area (Å²) in [7, 11) is 0. The van der Waals surface area contributed by atoms with Crippen molar-refractivity contribution in [3.8, 4) is 0 Å². The van der Waals surface area contributed by atoms with E-state index < -0.39 is 0 Å². The molecule has 20 heavy (non-hydrogen) atoms. The predicted molar refractivity (Wildman–Crippen MR) is 85.9 cm³/mol. The maximum absolute atomic E-state index is 12.0. The second-order valence-corrected chi connectivity index (χ2v) is 5.47. The van der Waals surface area contributed by atoms with Gasteiger partial charge >= 0.3 is 0 Å². The number of thiol groups is 1. The Morgan fingerprint density at radius 1 is 1.10 bits per heavy atom. The predicted octanol–water partition coefficient (Wildman–Crippen LogP) is 3.15. The topological polar surface area (TPSA) is 29.1 Å². The van der Waals surface area contributed by atoms with Crippen molar-refractivity contribution in [3.63, 3.8) is 0 Å². The molecule has 2 aromatic carbocycles. The number of hydrogen-bond acceptors (Lipinski definition) is 2. The first-order chi connectivity index (χ1) is 9.66. The van der Waals surface area contributed by atoms with Crippen LogP contribution in [0.5, 0.6) is 0 Å². The minimum absolute atomic E-state index is 0.0274. The Morgan fingerprint density at radius 3 is 2.45 bits per heavy atom. The molecule has 2 rings (SSSR count). The van der Waals surface area contributed by atoms with Crippen LogP contribution in [0.1, 0.15) is 16.7 Å². The van der Waals surface area contributed by atoms with Crippen LogP contribution in [0.25, 0.3) is 0 Å². The smallest absolute Gasteiger partial charge is 0.233 e. The van der Waals surface area contributed by atoms with Gasteiger partial charge in [0.25, 0.3) is 0 Å². The molecule has 0 radical (unpaired) electrons. The van der Waals surface area contributed by atoms with Gasteiger partial charge in [-0.1, -0.05) is 54.6 Å². The van der Waals surface area contributed by atoms with Gasteiger partial charge in [0.05, 0.1) is 5.25 Å². The summed E-state index contributed by atoms with van der Waals surface area (Å²) < 4.78 is 0. The van der Waals surface area contributed by atoms with Gasteiger partial charge in [-0.3, -0.25) is 4.79 Å². The zero-order valence-corrected chi connectivity index (χ0v) is 12.4. The summed E-state index contributed by atoms with van der Waals surface area (Å²) in [5.74, 6) is -0.0274. The molecule has 2 nitrogen and oxygen atoms in total. The molecule has 0 aromatic heterocycles. The third-order valence-electron chi connectivity index (χ3n) is 3.29. The van der Waals surface area contributed by atoms with Gasteiger partial charge in [0.15, 0.2) is 0 Å². The molecule has 0 bridgehead atoms. The highest BCUT2D eigenvalue weighted by atomic mass is 32.1. The molecule has 0 heterocycles. The van der Waals surface area contributed by atoms with Gasteiger partial charge in [0, 0.05) is 6.54 Å². The zero-order valence-electron chi connectivity index (χ0n) is 11.5. The highest BCUT2D eigenvalue weighted by molar-refractivity contribution is 7.81. The van der Waals surface area contributed by atoms with Gasteiger partial charge in [-0.2, -0.15) is 12.6 Å². The lowest BCUT2D eigenvalue weighted by Gasteiger charge is -2.12. The number of amides is 1. The largest absolute Gasteiger partial charge is 0.351 e. The SMILES string of the molecule is Cc1ccccc1CNC(=O)C(S)Cc1ccccc1. The second kappa shape index (κ2) is 7.15. The molecule has 2 aromatic rings. The van der Waals surface area contributed by atoms with E-state index in [9.17, 15) is 4.79 Å². The summed E-state index contributed by atoms with van der Waals surface area (Å²) in [4.78, 5) is 12.0. The molecule has 1 unspecified atom stereocenters. The molecule has 1 amide bonds.